The van der Waals surface area contributed by atoms with Crippen molar-refractivity contribution in [3.63, 3.8) is 0 Å². The van der Waals surface area contributed by atoms with Gasteiger partial charge in [0.05, 0.1) is 24.2 Å². The lowest BCUT2D eigenvalue weighted by Gasteiger charge is -2.22. The van der Waals surface area contributed by atoms with Gasteiger partial charge in [0.1, 0.15) is 5.75 Å². The molecule has 0 saturated heterocycles. The third-order valence-corrected chi connectivity index (χ3v) is 6.66. The Morgan fingerprint density at radius 1 is 1.03 bits per heavy atom. The highest BCUT2D eigenvalue weighted by atomic mass is 35.5. The molecule has 1 N–H and O–H groups in total. The number of halogens is 1. The molecule has 0 aliphatic heterocycles. The second-order valence-electron chi connectivity index (χ2n) is 6.96. The van der Waals surface area contributed by atoms with Crippen molar-refractivity contribution in [3.8, 4) is 5.75 Å². The molecule has 8 heteroatoms. The standard InChI is InChI=1S/C23H23ClN2O4S/c1-17-8-11-20(12-9-17)31(28,29)26(15-18-6-4-3-5-7-18)16-23(27)25-21-14-19(24)10-13-22(21)30-2/h3-14H,15-16H2,1-2H3,(H,25,27). The molecule has 3 rings (SSSR count). The van der Waals surface area contributed by atoms with E-state index in [1.807, 2.05) is 37.3 Å². The van der Waals surface area contributed by atoms with Gasteiger partial charge in [-0.25, -0.2) is 8.42 Å². The Balaban J connectivity index is 1.88. The minimum Gasteiger partial charge on any atom is -0.495 e. The maximum absolute atomic E-state index is 13.3. The minimum atomic E-state index is -3.91. The van der Waals surface area contributed by atoms with Crippen LogP contribution in [0.2, 0.25) is 5.02 Å². The molecule has 1 amide bonds. The smallest absolute Gasteiger partial charge is 0.243 e. The summed E-state index contributed by atoms with van der Waals surface area (Å²) in [4.78, 5) is 12.9. The van der Waals surface area contributed by atoms with Crippen LogP contribution in [0.25, 0.3) is 0 Å². The van der Waals surface area contributed by atoms with E-state index < -0.39 is 15.9 Å². The zero-order chi connectivity index (χ0) is 22.4. The van der Waals surface area contributed by atoms with Gasteiger partial charge in [0.25, 0.3) is 0 Å². The average molecular weight is 459 g/mol. The van der Waals surface area contributed by atoms with Crippen LogP contribution < -0.4 is 10.1 Å². The summed E-state index contributed by atoms with van der Waals surface area (Å²) in [5.41, 5.74) is 2.08. The van der Waals surface area contributed by atoms with E-state index in [4.69, 9.17) is 16.3 Å². The van der Waals surface area contributed by atoms with Crippen molar-refractivity contribution in [2.24, 2.45) is 0 Å². The van der Waals surface area contributed by atoms with E-state index >= 15 is 0 Å². The van der Waals surface area contributed by atoms with Crippen molar-refractivity contribution in [1.29, 1.82) is 0 Å². The highest BCUT2D eigenvalue weighted by Gasteiger charge is 2.27. The van der Waals surface area contributed by atoms with Gasteiger partial charge in [0, 0.05) is 11.6 Å². The number of carbonyl (C=O) groups excluding carboxylic acids is 1. The molecule has 3 aromatic rings. The number of benzene rings is 3. The second-order valence-corrected chi connectivity index (χ2v) is 9.34. The number of hydrogen-bond donors (Lipinski definition) is 1. The molecule has 0 atom stereocenters. The summed E-state index contributed by atoms with van der Waals surface area (Å²) in [6.07, 6.45) is 0. The molecule has 0 aromatic heterocycles. The molecule has 0 bridgehead atoms. The molecule has 162 valence electrons. The normalized spacial score (nSPS) is 11.4. The quantitative estimate of drug-likeness (QED) is 0.539. The number of ether oxygens (including phenoxy) is 1. The van der Waals surface area contributed by atoms with Crippen LogP contribution in [-0.2, 0) is 21.4 Å². The largest absolute Gasteiger partial charge is 0.495 e. The Morgan fingerprint density at radius 3 is 2.35 bits per heavy atom. The predicted molar refractivity (Wildman–Crippen MR) is 122 cm³/mol. The van der Waals surface area contributed by atoms with Gasteiger partial charge in [-0.2, -0.15) is 4.31 Å². The Hall–Kier alpha value is -2.87. The summed E-state index contributed by atoms with van der Waals surface area (Å²) >= 11 is 6.02. The van der Waals surface area contributed by atoms with E-state index in [1.54, 1.807) is 42.5 Å². The van der Waals surface area contributed by atoms with Gasteiger partial charge in [-0.3, -0.25) is 4.79 Å². The maximum atomic E-state index is 13.3. The number of methoxy groups -OCH3 is 1. The van der Waals surface area contributed by atoms with E-state index in [0.29, 0.717) is 16.5 Å². The molecule has 31 heavy (non-hydrogen) atoms. The molecular weight excluding hydrogens is 436 g/mol. The molecule has 3 aromatic carbocycles. The average Bonchev–Trinajstić information content (AvgIpc) is 2.74. The Kier molecular flexibility index (Phi) is 7.33. The Morgan fingerprint density at radius 2 is 1.71 bits per heavy atom. The fraction of sp³-hybridized carbons (Fsp3) is 0.174. The fourth-order valence-electron chi connectivity index (χ4n) is 3.00. The van der Waals surface area contributed by atoms with Gasteiger partial charge in [-0.1, -0.05) is 59.6 Å². The predicted octanol–water partition coefficient (Wildman–Crippen LogP) is 4.49. The monoisotopic (exact) mass is 458 g/mol. The lowest BCUT2D eigenvalue weighted by molar-refractivity contribution is -0.116. The number of hydrogen-bond acceptors (Lipinski definition) is 4. The number of nitrogens with zero attached hydrogens (tertiary/aromatic N) is 1. The van der Waals surface area contributed by atoms with Crippen molar-refractivity contribution >= 4 is 33.2 Å². The van der Waals surface area contributed by atoms with Crippen molar-refractivity contribution in [1.82, 2.24) is 4.31 Å². The van der Waals surface area contributed by atoms with E-state index in [-0.39, 0.29) is 18.0 Å². The first-order valence-electron chi connectivity index (χ1n) is 9.54. The first-order chi connectivity index (χ1) is 14.8. The van der Waals surface area contributed by atoms with E-state index in [1.165, 1.54) is 7.11 Å². The molecule has 0 heterocycles. The number of nitrogens with one attached hydrogen (secondary N) is 1. The number of sulfonamides is 1. The van der Waals surface area contributed by atoms with Gasteiger partial charge in [0.2, 0.25) is 15.9 Å². The van der Waals surface area contributed by atoms with Crippen LogP contribution >= 0.6 is 11.6 Å². The molecule has 0 unspecified atom stereocenters. The van der Waals surface area contributed by atoms with Crippen molar-refractivity contribution in [2.45, 2.75) is 18.4 Å². The number of aryl methyl sites for hydroxylation is 1. The fourth-order valence-corrected chi connectivity index (χ4v) is 4.56. The summed E-state index contributed by atoms with van der Waals surface area (Å²) in [5, 5.41) is 3.12. The van der Waals surface area contributed by atoms with Gasteiger partial charge < -0.3 is 10.1 Å². The topological polar surface area (TPSA) is 75.7 Å². The molecular formula is C23H23ClN2O4S. The number of carbonyl (C=O) groups is 1. The van der Waals surface area contributed by atoms with Gasteiger partial charge in [0.15, 0.2) is 0 Å². The lowest BCUT2D eigenvalue weighted by Crippen LogP contribution is -2.37. The van der Waals surface area contributed by atoms with E-state index in [0.717, 1.165) is 15.4 Å². The first-order valence-corrected chi connectivity index (χ1v) is 11.4. The van der Waals surface area contributed by atoms with Crippen LogP contribution in [0.5, 0.6) is 5.75 Å². The first kappa shape index (κ1) is 22.8. The second kappa shape index (κ2) is 9.96. The summed E-state index contributed by atoms with van der Waals surface area (Å²) in [6, 6.07) is 20.5. The van der Waals surface area contributed by atoms with Crippen LogP contribution in [0.3, 0.4) is 0 Å². The zero-order valence-corrected chi connectivity index (χ0v) is 18.8. The molecule has 0 saturated carbocycles. The van der Waals surface area contributed by atoms with Crippen LogP contribution in [0.15, 0.2) is 77.7 Å². The summed E-state index contributed by atoms with van der Waals surface area (Å²) < 4.78 is 33.0. The minimum absolute atomic E-state index is 0.0527. The molecule has 0 aliphatic rings. The molecule has 0 aliphatic carbocycles. The van der Waals surface area contributed by atoms with E-state index in [2.05, 4.69) is 5.32 Å². The number of anilines is 1. The van der Waals surface area contributed by atoms with Crippen LogP contribution in [0.4, 0.5) is 5.69 Å². The Labute approximate surface area is 187 Å². The summed E-state index contributed by atoms with van der Waals surface area (Å²) in [5.74, 6) is -0.0825. The molecule has 0 fully saturated rings. The maximum Gasteiger partial charge on any atom is 0.243 e. The molecule has 6 nitrogen and oxygen atoms in total. The van der Waals surface area contributed by atoms with Crippen molar-refractivity contribution in [3.05, 3.63) is 88.9 Å². The number of amides is 1. The van der Waals surface area contributed by atoms with Crippen molar-refractivity contribution < 1.29 is 17.9 Å². The van der Waals surface area contributed by atoms with Gasteiger partial charge >= 0.3 is 0 Å². The van der Waals surface area contributed by atoms with Gasteiger partial charge in [-0.05, 0) is 42.8 Å². The van der Waals surface area contributed by atoms with Crippen LogP contribution in [-0.4, -0.2) is 32.3 Å². The third-order valence-electron chi connectivity index (χ3n) is 4.62. The number of rotatable bonds is 8. The van der Waals surface area contributed by atoms with Crippen molar-refractivity contribution in [2.75, 3.05) is 19.0 Å². The zero-order valence-electron chi connectivity index (χ0n) is 17.2. The lowest BCUT2D eigenvalue weighted by atomic mass is 10.2. The van der Waals surface area contributed by atoms with Crippen LogP contribution in [0, 0.1) is 6.92 Å². The third kappa shape index (κ3) is 5.85. The van der Waals surface area contributed by atoms with Gasteiger partial charge in [-0.15, -0.1) is 0 Å². The van der Waals surface area contributed by atoms with Crippen LogP contribution in [0.1, 0.15) is 11.1 Å². The highest BCUT2D eigenvalue weighted by Crippen LogP contribution is 2.28. The SMILES string of the molecule is COc1ccc(Cl)cc1NC(=O)CN(Cc1ccccc1)S(=O)(=O)c1ccc(C)cc1. The molecule has 0 radical (unpaired) electrons. The Bertz CT molecular complexity index is 1150. The summed E-state index contributed by atoms with van der Waals surface area (Å²) in [6.45, 7) is 1.56. The van der Waals surface area contributed by atoms with E-state index in [9.17, 15) is 13.2 Å². The molecule has 0 spiro atoms. The highest BCUT2D eigenvalue weighted by molar-refractivity contribution is 7.89. The summed E-state index contributed by atoms with van der Waals surface area (Å²) in [7, 11) is -2.44.